The Morgan fingerprint density at radius 2 is 2.27 bits per heavy atom. The quantitative estimate of drug-likeness (QED) is 0.634. The van der Waals surface area contributed by atoms with Gasteiger partial charge in [-0.1, -0.05) is 11.6 Å². The molecule has 2 rings (SSSR count). The van der Waals surface area contributed by atoms with Crippen molar-refractivity contribution in [1.29, 1.82) is 0 Å². The Kier molecular flexibility index (Phi) is 2.77. The topological polar surface area (TPSA) is 55.2 Å². The van der Waals surface area contributed by atoms with Crippen LogP contribution in [-0.2, 0) is 0 Å². The molecule has 15 heavy (non-hydrogen) atoms. The Labute approximate surface area is 92.4 Å². The summed E-state index contributed by atoms with van der Waals surface area (Å²) in [5.74, 6) is 0.747. The van der Waals surface area contributed by atoms with Crippen molar-refractivity contribution in [2.75, 3.05) is 11.9 Å². The minimum atomic E-state index is -0.448. The second-order valence-corrected chi connectivity index (χ2v) is 4.15. The number of hydrogen-bond acceptors (Lipinski definition) is 3. The maximum atomic E-state index is 10.5. The van der Waals surface area contributed by atoms with Gasteiger partial charge in [-0.15, -0.1) is 0 Å². The van der Waals surface area contributed by atoms with Crippen LogP contribution in [0.4, 0.5) is 11.4 Å². The molecule has 0 atom stereocenters. The SMILES string of the molecule is O=[N+]([O-])c1ccc(NCC2CC2)c(Cl)c1. The molecule has 0 unspecified atom stereocenters. The second kappa shape index (κ2) is 4.06. The first-order valence-electron chi connectivity index (χ1n) is 4.84. The highest BCUT2D eigenvalue weighted by molar-refractivity contribution is 6.33. The molecular formula is C10H11ClN2O2. The summed E-state index contributed by atoms with van der Waals surface area (Å²) in [7, 11) is 0. The predicted octanol–water partition coefficient (Wildman–Crippen LogP) is 3.07. The van der Waals surface area contributed by atoms with E-state index in [1.54, 1.807) is 6.07 Å². The van der Waals surface area contributed by atoms with Crippen molar-refractivity contribution in [3.63, 3.8) is 0 Å². The lowest BCUT2D eigenvalue weighted by Gasteiger charge is -2.06. The zero-order valence-corrected chi connectivity index (χ0v) is 8.83. The Hall–Kier alpha value is -1.29. The van der Waals surface area contributed by atoms with Crippen LogP contribution in [0.1, 0.15) is 12.8 Å². The van der Waals surface area contributed by atoms with Gasteiger partial charge in [-0.25, -0.2) is 0 Å². The monoisotopic (exact) mass is 226 g/mol. The van der Waals surface area contributed by atoms with E-state index in [4.69, 9.17) is 11.6 Å². The lowest BCUT2D eigenvalue weighted by Crippen LogP contribution is -2.03. The lowest BCUT2D eigenvalue weighted by molar-refractivity contribution is -0.384. The van der Waals surface area contributed by atoms with Crippen molar-refractivity contribution in [3.8, 4) is 0 Å². The molecule has 0 bridgehead atoms. The first-order valence-corrected chi connectivity index (χ1v) is 5.22. The molecule has 0 aliphatic heterocycles. The van der Waals surface area contributed by atoms with Crippen molar-refractivity contribution in [1.82, 2.24) is 0 Å². The van der Waals surface area contributed by atoms with Crippen LogP contribution in [0.15, 0.2) is 18.2 Å². The number of nitrogens with one attached hydrogen (secondary N) is 1. The summed E-state index contributed by atoms with van der Waals surface area (Å²) < 4.78 is 0. The minimum Gasteiger partial charge on any atom is -0.384 e. The fraction of sp³-hybridized carbons (Fsp3) is 0.400. The van der Waals surface area contributed by atoms with Gasteiger partial charge in [0.1, 0.15) is 0 Å². The van der Waals surface area contributed by atoms with E-state index in [1.807, 2.05) is 0 Å². The number of benzene rings is 1. The van der Waals surface area contributed by atoms with Crippen LogP contribution < -0.4 is 5.32 Å². The number of anilines is 1. The van der Waals surface area contributed by atoms with E-state index < -0.39 is 4.92 Å². The van der Waals surface area contributed by atoms with E-state index in [1.165, 1.54) is 25.0 Å². The molecule has 0 radical (unpaired) electrons. The van der Waals surface area contributed by atoms with E-state index in [0.29, 0.717) is 5.02 Å². The highest BCUT2D eigenvalue weighted by Gasteiger charge is 2.21. The standard InChI is InChI=1S/C10H11ClN2O2/c11-9-5-8(13(14)15)3-4-10(9)12-6-7-1-2-7/h3-5,7,12H,1-2,6H2. The van der Waals surface area contributed by atoms with Crippen molar-refractivity contribution in [2.24, 2.45) is 5.92 Å². The Morgan fingerprint density at radius 1 is 1.53 bits per heavy atom. The number of nitro groups is 1. The fourth-order valence-corrected chi connectivity index (χ4v) is 1.58. The number of nitro benzene ring substituents is 1. The number of halogens is 1. The smallest absolute Gasteiger partial charge is 0.271 e. The third-order valence-corrected chi connectivity index (χ3v) is 2.75. The van der Waals surface area contributed by atoms with Gasteiger partial charge in [0, 0.05) is 18.7 Å². The van der Waals surface area contributed by atoms with Gasteiger partial charge in [0.2, 0.25) is 0 Å². The molecule has 1 aliphatic rings. The van der Waals surface area contributed by atoms with E-state index in [-0.39, 0.29) is 5.69 Å². The molecule has 1 saturated carbocycles. The molecule has 0 amide bonds. The van der Waals surface area contributed by atoms with Crippen molar-refractivity contribution >= 4 is 23.0 Å². The summed E-state index contributed by atoms with van der Waals surface area (Å²) >= 11 is 5.91. The first-order chi connectivity index (χ1) is 7.16. The molecule has 4 nitrogen and oxygen atoms in total. The average Bonchev–Trinajstić information content (AvgIpc) is 2.99. The van der Waals surface area contributed by atoms with Crippen LogP contribution in [-0.4, -0.2) is 11.5 Å². The Bertz CT molecular complexity index is 391. The van der Waals surface area contributed by atoms with Gasteiger partial charge in [0.05, 0.1) is 15.6 Å². The molecule has 80 valence electrons. The summed E-state index contributed by atoms with van der Waals surface area (Å²) in [6.07, 6.45) is 2.52. The van der Waals surface area contributed by atoms with E-state index >= 15 is 0 Å². The van der Waals surface area contributed by atoms with Crippen LogP contribution in [0.25, 0.3) is 0 Å². The van der Waals surface area contributed by atoms with Crippen LogP contribution in [0.3, 0.4) is 0 Å². The third kappa shape index (κ3) is 2.59. The van der Waals surface area contributed by atoms with E-state index in [0.717, 1.165) is 18.2 Å². The molecule has 1 aliphatic carbocycles. The van der Waals surface area contributed by atoms with Crippen molar-refractivity contribution in [2.45, 2.75) is 12.8 Å². The Morgan fingerprint density at radius 3 is 2.80 bits per heavy atom. The Balaban J connectivity index is 2.07. The van der Waals surface area contributed by atoms with Crippen molar-refractivity contribution in [3.05, 3.63) is 33.3 Å². The molecule has 0 spiro atoms. The van der Waals surface area contributed by atoms with Gasteiger partial charge in [-0.2, -0.15) is 0 Å². The molecular weight excluding hydrogens is 216 g/mol. The molecule has 1 fully saturated rings. The molecule has 0 aromatic heterocycles. The van der Waals surface area contributed by atoms with Gasteiger partial charge < -0.3 is 5.32 Å². The summed E-state index contributed by atoms with van der Waals surface area (Å²) in [4.78, 5) is 10.0. The normalized spacial score (nSPS) is 15.0. The second-order valence-electron chi connectivity index (χ2n) is 3.75. The number of hydrogen-bond donors (Lipinski definition) is 1. The minimum absolute atomic E-state index is 0.0250. The van der Waals surface area contributed by atoms with Crippen LogP contribution in [0.2, 0.25) is 5.02 Å². The summed E-state index contributed by atoms with van der Waals surface area (Å²) in [6, 6.07) is 4.49. The highest BCUT2D eigenvalue weighted by Crippen LogP contribution is 2.31. The van der Waals surface area contributed by atoms with Crippen molar-refractivity contribution < 1.29 is 4.92 Å². The average molecular weight is 227 g/mol. The fourth-order valence-electron chi connectivity index (χ4n) is 1.34. The van der Waals surface area contributed by atoms with Crippen LogP contribution in [0, 0.1) is 16.0 Å². The maximum absolute atomic E-state index is 10.5. The zero-order chi connectivity index (χ0) is 10.8. The van der Waals surface area contributed by atoms with Gasteiger partial charge >= 0.3 is 0 Å². The summed E-state index contributed by atoms with van der Waals surface area (Å²) in [5.41, 5.74) is 0.797. The molecule has 1 N–H and O–H groups in total. The van der Waals surface area contributed by atoms with Gasteiger partial charge in [0.25, 0.3) is 5.69 Å². The van der Waals surface area contributed by atoms with E-state index in [9.17, 15) is 10.1 Å². The zero-order valence-electron chi connectivity index (χ0n) is 8.07. The number of non-ortho nitro benzene ring substituents is 1. The molecule has 1 aromatic carbocycles. The number of nitrogens with zero attached hydrogens (tertiary/aromatic N) is 1. The van der Waals surface area contributed by atoms with Crippen LogP contribution in [0.5, 0.6) is 0 Å². The van der Waals surface area contributed by atoms with Gasteiger partial charge in [0.15, 0.2) is 0 Å². The molecule has 0 saturated heterocycles. The highest BCUT2D eigenvalue weighted by atomic mass is 35.5. The van der Waals surface area contributed by atoms with Gasteiger partial charge in [-0.3, -0.25) is 10.1 Å². The largest absolute Gasteiger partial charge is 0.384 e. The molecule has 0 heterocycles. The summed E-state index contributed by atoms with van der Waals surface area (Å²) in [5, 5.41) is 14.1. The predicted molar refractivity (Wildman–Crippen MR) is 59.3 cm³/mol. The van der Waals surface area contributed by atoms with E-state index in [2.05, 4.69) is 5.32 Å². The maximum Gasteiger partial charge on any atom is 0.271 e. The third-order valence-electron chi connectivity index (χ3n) is 2.44. The van der Waals surface area contributed by atoms with Gasteiger partial charge in [-0.05, 0) is 24.8 Å². The van der Waals surface area contributed by atoms with Crippen LogP contribution >= 0.6 is 11.6 Å². The molecule has 1 aromatic rings. The summed E-state index contributed by atoms with van der Waals surface area (Å²) in [6.45, 7) is 0.900. The first kappa shape index (κ1) is 10.2. The lowest BCUT2D eigenvalue weighted by atomic mass is 10.2. The molecule has 5 heteroatoms. The number of rotatable bonds is 4.